The molecule has 15 heavy (non-hydrogen) atoms. The molecule has 0 saturated carbocycles. The van der Waals surface area contributed by atoms with E-state index < -0.39 is 0 Å². The van der Waals surface area contributed by atoms with Crippen molar-refractivity contribution in [3.05, 3.63) is 0 Å². The van der Waals surface area contributed by atoms with E-state index in [2.05, 4.69) is 0 Å². The molecule has 0 spiro atoms. The maximum absolute atomic E-state index is 11.8. The molecule has 4 nitrogen and oxygen atoms in total. The lowest BCUT2D eigenvalue weighted by atomic mass is 9.97. The van der Waals surface area contributed by atoms with Gasteiger partial charge in [-0.3, -0.25) is 4.79 Å². The number of ether oxygens (including phenoxy) is 1. The van der Waals surface area contributed by atoms with Crippen molar-refractivity contribution in [3.63, 3.8) is 0 Å². The highest BCUT2D eigenvalue weighted by Gasteiger charge is 2.25. The van der Waals surface area contributed by atoms with E-state index in [1.807, 2.05) is 11.8 Å². The molecule has 2 N–H and O–H groups in total. The van der Waals surface area contributed by atoms with Crippen molar-refractivity contribution in [2.75, 3.05) is 26.8 Å². The third-order valence-electron chi connectivity index (χ3n) is 3.09. The molecule has 0 unspecified atom stereocenters. The van der Waals surface area contributed by atoms with Gasteiger partial charge in [-0.05, 0) is 25.2 Å². The fourth-order valence-electron chi connectivity index (χ4n) is 1.96. The van der Waals surface area contributed by atoms with Crippen molar-refractivity contribution in [2.45, 2.75) is 32.2 Å². The number of amides is 1. The van der Waals surface area contributed by atoms with Crippen LogP contribution in [0.15, 0.2) is 0 Å². The van der Waals surface area contributed by atoms with E-state index in [0.29, 0.717) is 5.92 Å². The van der Waals surface area contributed by atoms with Gasteiger partial charge in [0.2, 0.25) is 5.91 Å². The van der Waals surface area contributed by atoms with Crippen LogP contribution >= 0.6 is 0 Å². The number of carbonyl (C=O) groups excluding carboxylic acids is 1. The normalized spacial score (nSPS) is 20.3. The third-order valence-corrected chi connectivity index (χ3v) is 3.09. The van der Waals surface area contributed by atoms with E-state index in [4.69, 9.17) is 10.5 Å². The van der Waals surface area contributed by atoms with Crippen LogP contribution in [0.3, 0.4) is 0 Å². The van der Waals surface area contributed by atoms with Crippen molar-refractivity contribution < 1.29 is 9.53 Å². The highest BCUT2D eigenvalue weighted by atomic mass is 16.5. The lowest BCUT2D eigenvalue weighted by molar-refractivity contribution is -0.134. The van der Waals surface area contributed by atoms with E-state index in [-0.39, 0.29) is 11.9 Å². The third kappa shape index (κ3) is 3.47. The lowest BCUT2D eigenvalue weighted by Crippen LogP contribution is -2.47. The molecule has 1 aliphatic rings. The summed E-state index contributed by atoms with van der Waals surface area (Å²) in [5.41, 5.74) is 5.72. The van der Waals surface area contributed by atoms with Gasteiger partial charge in [0, 0.05) is 26.8 Å². The Balaban J connectivity index is 2.33. The molecule has 4 heteroatoms. The number of carbonyl (C=O) groups is 1. The minimum atomic E-state index is -0.316. The molecule has 1 amide bonds. The Bertz CT molecular complexity index is 201. The first-order chi connectivity index (χ1) is 7.19. The average molecular weight is 214 g/mol. The van der Waals surface area contributed by atoms with Crippen molar-refractivity contribution in [2.24, 2.45) is 11.7 Å². The average Bonchev–Trinajstić information content (AvgIpc) is 2.28. The van der Waals surface area contributed by atoms with Gasteiger partial charge in [0.1, 0.15) is 0 Å². The van der Waals surface area contributed by atoms with Gasteiger partial charge in [-0.2, -0.15) is 0 Å². The molecule has 1 fully saturated rings. The number of hydrogen-bond donors (Lipinski definition) is 1. The zero-order chi connectivity index (χ0) is 11.3. The quantitative estimate of drug-likeness (QED) is 0.746. The maximum Gasteiger partial charge on any atom is 0.239 e. The molecule has 1 saturated heterocycles. The van der Waals surface area contributed by atoms with Gasteiger partial charge >= 0.3 is 0 Å². The first kappa shape index (κ1) is 12.5. The summed E-state index contributed by atoms with van der Waals surface area (Å²) in [5, 5.41) is 0. The number of methoxy groups -OCH3 is 1. The molecule has 0 aromatic heterocycles. The number of nitrogens with zero attached hydrogens (tertiary/aromatic N) is 1. The Morgan fingerprint density at radius 3 is 2.60 bits per heavy atom. The fourth-order valence-corrected chi connectivity index (χ4v) is 1.96. The van der Waals surface area contributed by atoms with Gasteiger partial charge in [0.05, 0.1) is 6.04 Å². The van der Waals surface area contributed by atoms with Crippen LogP contribution in [0.1, 0.15) is 26.2 Å². The molecule has 1 aliphatic heterocycles. The topological polar surface area (TPSA) is 55.6 Å². The van der Waals surface area contributed by atoms with E-state index >= 15 is 0 Å². The Morgan fingerprint density at radius 1 is 1.53 bits per heavy atom. The maximum atomic E-state index is 11.8. The van der Waals surface area contributed by atoms with E-state index in [1.54, 1.807) is 7.11 Å². The highest BCUT2D eigenvalue weighted by Crippen LogP contribution is 2.17. The van der Waals surface area contributed by atoms with Gasteiger partial charge in [0.15, 0.2) is 0 Å². The highest BCUT2D eigenvalue weighted by molar-refractivity contribution is 5.81. The molecule has 1 heterocycles. The zero-order valence-electron chi connectivity index (χ0n) is 9.74. The van der Waals surface area contributed by atoms with Crippen molar-refractivity contribution in [3.8, 4) is 0 Å². The second-order valence-corrected chi connectivity index (χ2v) is 4.24. The van der Waals surface area contributed by atoms with Crippen molar-refractivity contribution in [1.82, 2.24) is 4.90 Å². The fraction of sp³-hybridized carbons (Fsp3) is 0.909. The minimum Gasteiger partial charge on any atom is -0.384 e. The summed E-state index contributed by atoms with van der Waals surface area (Å²) >= 11 is 0. The van der Waals surface area contributed by atoms with Crippen LogP contribution in [-0.2, 0) is 9.53 Å². The molecule has 0 aromatic rings. The van der Waals surface area contributed by atoms with Crippen LogP contribution in [0.4, 0.5) is 0 Å². The van der Waals surface area contributed by atoms with Crippen LogP contribution in [0.2, 0.25) is 0 Å². The van der Waals surface area contributed by atoms with Crippen LogP contribution in [0, 0.1) is 5.92 Å². The number of piperidine rings is 1. The predicted octanol–water partition coefficient (Wildman–Crippen LogP) is 0.609. The van der Waals surface area contributed by atoms with Crippen molar-refractivity contribution in [1.29, 1.82) is 0 Å². The minimum absolute atomic E-state index is 0.105. The summed E-state index contributed by atoms with van der Waals surface area (Å²) < 4.78 is 5.12. The van der Waals surface area contributed by atoms with Crippen LogP contribution in [0.25, 0.3) is 0 Å². The number of likely N-dealkylation sites (tertiary alicyclic amines) is 1. The van der Waals surface area contributed by atoms with Crippen LogP contribution in [-0.4, -0.2) is 43.7 Å². The zero-order valence-corrected chi connectivity index (χ0v) is 9.74. The molecule has 0 bridgehead atoms. The number of nitrogens with two attached hydrogens (primary N) is 1. The molecule has 0 radical (unpaired) electrons. The largest absolute Gasteiger partial charge is 0.384 e. The SMILES string of the molecule is CC[C@@H](N)C(=O)N1CCC(COC)CC1. The molecule has 1 atom stereocenters. The Hall–Kier alpha value is -0.610. The van der Waals surface area contributed by atoms with Gasteiger partial charge in [-0.25, -0.2) is 0 Å². The molecule has 88 valence electrons. The predicted molar refractivity (Wildman–Crippen MR) is 59.4 cm³/mol. The van der Waals surface area contributed by atoms with Gasteiger partial charge in [-0.1, -0.05) is 6.92 Å². The first-order valence-electron chi connectivity index (χ1n) is 5.72. The lowest BCUT2D eigenvalue weighted by Gasteiger charge is -2.33. The Labute approximate surface area is 91.8 Å². The molecular formula is C11H22N2O2. The smallest absolute Gasteiger partial charge is 0.239 e. The van der Waals surface area contributed by atoms with Gasteiger partial charge in [0.25, 0.3) is 0 Å². The van der Waals surface area contributed by atoms with Crippen molar-refractivity contribution >= 4 is 5.91 Å². The van der Waals surface area contributed by atoms with Gasteiger partial charge < -0.3 is 15.4 Å². The second-order valence-electron chi connectivity index (χ2n) is 4.24. The summed E-state index contributed by atoms with van der Waals surface area (Å²) in [6.45, 7) is 4.42. The van der Waals surface area contributed by atoms with Crippen LogP contribution < -0.4 is 5.73 Å². The van der Waals surface area contributed by atoms with Gasteiger partial charge in [-0.15, -0.1) is 0 Å². The monoisotopic (exact) mass is 214 g/mol. The summed E-state index contributed by atoms with van der Waals surface area (Å²) in [6, 6.07) is -0.316. The standard InChI is InChI=1S/C11H22N2O2/c1-3-10(12)11(14)13-6-4-9(5-7-13)8-15-2/h9-10H,3-8,12H2,1-2H3/t10-/m1/s1. The van der Waals surface area contributed by atoms with E-state index in [9.17, 15) is 4.79 Å². The summed E-state index contributed by atoms with van der Waals surface area (Å²) in [5.74, 6) is 0.713. The molecular weight excluding hydrogens is 192 g/mol. The number of rotatable bonds is 4. The number of hydrogen-bond acceptors (Lipinski definition) is 3. The molecule has 1 rings (SSSR count). The Kier molecular flexibility index (Phi) is 5.05. The summed E-state index contributed by atoms with van der Waals surface area (Å²) in [7, 11) is 1.73. The summed E-state index contributed by atoms with van der Waals surface area (Å²) in [4.78, 5) is 13.7. The van der Waals surface area contributed by atoms with E-state index in [0.717, 1.165) is 39.0 Å². The Morgan fingerprint density at radius 2 is 2.13 bits per heavy atom. The molecule has 0 aliphatic carbocycles. The second kappa shape index (κ2) is 6.08. The summed E-state index contributed by atoms with van der Waals surface area (Å²) in [6.07, 6.45) is 2.79. The first-order valence-corrected chi connectivity index (χ1v) is 5.72. The molecule has 0 aromatic carbocycles. The van der Waals surface area contributed by atoms with E-state index in [1.165, 1.54) is 0 Å². The van der Waals surface area contributed by atoms with Crippen LogP contribution in [0.5, 0.6) is 0 Å².